The standard InChI is InChI=1S/C9H8F3NO3/c1-2-16-9(15)6-4(7(11)12)3-5(10)8(14)13-6/h3,7H,2H2,1H3,(H,13,14). The number of carbonyl (C=O) groups is 1. The predicted molar refractivity (Wildman–Crippen MR) is 47.9 cm³/mol. The van der Waals surface area contributed by atoms with Gasteiger partial charge in [-0.1, -0.05) is 0 Å². The van der Waals surface area contributed by atoms with Gasteiger partial charge in [-0.3, -0.25) is 4.79 Å². The zero-order chi connectivity index (χ0) is 12.3. The molecule has 0 saturated heterocycles. The fraction of sp³-hybridized carbons (Fsp3) is 0.333. The van der Waals surface area contributed by atoms with Crippen LogP contribution in [0.15, 0.2) is 10.9 Å². The highest BCUT2D eigenvalue weighted by molar-refractivity contribution is 5.88. The predicted octanol–water partition coefficient (Wildman–Crippen LogP) is 1.63. The normalized spacial score (nSPS) is 10.6. The van der Waals surface area contributed by atoms with Crippen LogP contribution in [0.1, 0.15) is 29.4 Å². The molecule has 0 bridgehead atoms. The van der Waals surface area contributed by atoms with E-state index >= 15 is 0 Å². The van der Waals surface area contributed by atoms with Gasteiger partial charge in [0.05, 0.1) is 12.2 Å². The Hall–Kier alpha value is -1.79. The van der Waals surface area contributed by atoms with Crippen molar-refractivity contribution in [3.63, 3.8) is 0 Å². The minimum atomic E-state index is -3.08. The number of rotatable bonds is 3. The molecule has 1 aromatic heterocycles. The van der Waals surface area contributed by atoms with Crippen LogP contribution >= 0.6 is 0 Å². The number of aromatic nitrogens is 1. The van der Waals surface area contributed by atoms with E-state index in [0.29, 0.717) is 6.07 Å². The van der Waals surface area contributed by atoms with Crippen molar-refractivity contribution in [3.8, 4) is 0 Å². The van der Waals surface area contributed by atoms with E-state index in [1.165, 1.54) is 6.92 Å². The zero-order valence-electron chi connectivity index (χ0n) is 8.22. The second-order valence-corrected chi connectivity index (χ2v) is 2.80. The molecule has 1 rings (SSSR count). The zero-order valence-corrected chi connectivity index (χ0v) is 8.22. The minimum absolute atomic E-state index is 0.0408. The number of hydrogen-bond acceptors (Lipinski definition) is 3. The molecule has 1 aromatic rings. The van der Waals surface area contributed by atoms with Crippen LogP contribution in [0.2, 0.25) is 0 Å². The average molecular weight is 235 g/mol. The molecule has 0 saturated carbocycles. The van der Waals surface area contributed by atoms with Crippen molar-refractivity contribution >= 4 is 5.97 Å². The summed E-state index contributed by atoms with van der Waals surface area (Å²) >= 11 is 0. The Kier molecular flexibility index (Phi) is 3.70. The number of hydrogen-bond donors (Lipinski definition) is 1. The summed E-state index contributed by atoms with van der Waals surface area (Å²) in [5.74, 6) is -2.49. The molecule has 7 heteroatoms. The second-order valence-electron chi connectivity index (χ2n) is 2.80. The van der Waals surface area contributed by atoms with Gasteiger partial charge < -0.3 is 9.72 Å². The quantitative estimate of drug-likeness (QED) is 0.810. The lowest BCUT2D eigenvalue weighted by Gasteiger charge is -2.07. The van der Waals surface area contributed by atoms with E-state index in [0.717, 1.165) is 0 Å². The number of aromatic amines is 1. The van der Waals surface area contributed by atoms with E-state index in [4.69, 9.17) is 0 Å². The molecule has 0 atom stereocenters. The number of esters is 1. The first-order valence-corrected chi connectivity index (χ1v) is 4.35. The summed E-state index contributed by atoms with van der Waals surface area (Å²) in [6, 6.07) is 0.329. The molecule has 0 fully saturated rings. The first-order valence-electron chi connectivity index (χ1n) is 4.35. The van der Waals surface area contributed by atoms with Crippen LogP contribution in [0, 0.1) is 5.82 Å². The molecule has 0 aliphatic rings. The summed E-state index contributed by atoms with van der Waals surface area (Å²) in [4.78, 5) is 23.8. The Labute approximate surface area is 88.0 Å². The smallest absolute Gasteiger partial charge is 0.355 e. The largest absolute Gasteiger partial charge is 0.461 e. The van der Waals surface area contributed by atoms with Gasteiger partial charge in [-0.2, -0.15) is 0 Å². The Morgan fingerprint density at radius 1 is 1.56 bits per heavy atom. The summed E-state index contributed by atoms with van der Waals surface area (Å²) in [6.45, 7) is 1.43. The number of ether oxygens (including phenoxy) is 1. The molecule has 0 radical (unpaired) electrons. The average Bonchev–Trinajstić information content (AvgIpc) is 2.21. The third-order valence-corrected chi connectivity index (χ3v) is 1.74. The number of carbonyl (C=O) groups excluding carboxylic acids is 1. The monoisotopic (exact) mass is 235 g/mol. The Bertz CT molecular complexity index is 456. The van der Waals surface area contributed by atoms with Gasteiger partial charge in [-0.15, -0.1) is 0 Å². The number of alkyl halides is 2. The summed E-state index contributed by atoms with van der Waals surface area (Å²) < 4.78 is 42.1. The van der Waals surface area contributed by atoms with E-state index in [-0.39, 0.29) is 6.61 Å². The van der Waals surface area contributed by atoms with Gasteiger partial charge >= 0.3 is 5.97 Å². The van der Waals surface area contributed by atoms with Crippen LogP contribution in [0.5, 0.6) is 0 Å². The topological polar surface area (TPSA) is 59.2 Å². The maximum Gasteiger partial charge on any atom is 0.355 e. The molecular weight excluding hydrogens is 227 g/mol. The molecule has 1 heterocycles. The van der Waals surface area contributed by atoms with E-state index in [1.807, 2.05) is 0 Å². The minimum Gasteiger partial charge on any atom is -0.461 e. The molecule has 0 amide bonds. The maximum atomic E-state index is 12.7. The van der Waals surface area contributed by atoms with Gasteiger partial charge in [0, 0.05) is 0 Å². The Morgan fingerprint density at radius 2 is 2.19 bits per heavy atom. The van der Waals surface area contributed by atoms with Crippen molar-refractivity contribution < 1.29 is 22.7 Å². The summed E-state index contributed by atoms with van der Waals surface area (Å²) in [7, 11) is 0. The summed E-state index contributed by atoms with van der Waals surface area (Å²) in [5, 5.41) is 0. The first-order chi connectivity index (χ1) is 7.47. The summed E-state index contributed by atoms with van der Waals surface area (Å²) in [5.41, 5.74) is -2.86. The van der Waals surface area contributed by atoms with Crippen molar-refractivity contribution in [2.45, 2.75) is 13.3 Å². The lowest BCUT2D eigenvalue weighted by atomic mass is 10.2. The van der Waals surface area contributed by atoms with Crippen molar-refractivity contribution in [2.24, 2.45) is 0 Å². The highest BCUT2D eigenvalue weighted by Crippen LogP contribution is 2.21. The van der Waals surface area contributed by atoms with Crippen LogP contribution < -0.4 is 5.56 Å². The SMILES string of the molecule is CCOC(=O)c1[nH]c(=O)c(F)cc1C(F)F. The van der Waals surface area contributed by atoms with Crippen LogP contribution in [-0.4, -0.2) is 17.6 Å². The highest BCUT2D eigenvalue weighted by Gasteiger charge is 2.22. The molecule has 0 spiro atoms. The van der Waals surface area contributed by atoms with E-state index < -0.39 is 35.0 Å². The lowest BCUT2D eigenvalue weighted by molar-refractivity contribution is 0.0507. The number of halogens is 3. The second kappa shape index (κ2) is 4.82. The molecule has 4 nitrogen and oxygen atoms in total. The molecule has 0 aromatic carbocycles. The number of H-pyrrole nitrogens is 1. The van der Waals surface area contributed by atoms with E-state index in [9.17, 15) is 22.8 Å². The van der Waals surface area contributed by atoms with E-state index in [2.05, 4.69) is 4.74 Å². The first kappa shape index (κ1) is 12.3. The van der Waals surface area contributed by atoms with Crippen LogP contribution in [0.25, 0.3) is 0 Å². The van der Waals surface area contributed by atoms with Crippen LogP contribution in [-0.2, 0) is 4.74 Å². The van der Waals surface area contributed by atoms with Gasteiger partial charge in [0.2, 0.25) is 0 Å². The third-order valence-electron chi connectivity index (χ3n) is 1.74. The fourth-order valence-corrected chi connectivity index (χ4v) is 1.06. The van der Waals surface area contributed by atoms with Gasteiger partial charge in [0.25, 0.3) is 12.0 Å². The molecule has 0 aliphatic carbocycles. The van der Waals surface area contributed by atoms with Gasteiger partial charge in [0.15, 0.2) is 5.82 Å². The Morgan fingerprint density at radius 3 is 2.69 bits per heavy atom. The Balaban J connectivity index is 3.30. The van der Waals surface area contributed by atoms with Crippen LogP contribution in [0.3, 0.4) is 0 Å². The summed E-state index contributed by atoms with van der Waals surface area (Å²) in [6.07, 6.45) is -3.08. The van der Waals surface area contributed by atoms with Crippen molar-refractivity contribution in [1.82, 2.24) is 4.98 Å². The van der Waals surface area contributed by atoms with Gasteiger partial charge in [0.1, 0.15) is 5.69 Å². The molecule has 1 N–H and O–H groups in total. The van der Waals surface area contributed by atoms with Crippen molar-refractivity contribution in [2.75, 3.05) is 6.61 Å². The van der Waals surface area contributed by atoms with Crippen LogP contribution in [0.4, 0.5) is 13.2 Å². The molecule has 0 aliphatic heterocycles. The van der Waals surface area contributed by atoms with Crippen molar-refractivity contribution in [3.05, 3.63) is 33.5 Å². The molecular formula is C9H8F3NO3. The number of pyridine rings is 1. The van der Waals surface area contributed by atoms with Crippen molar-refractivity contribution in [1.29, 1.82) is 0 Å². The highest BCUT2D eigenvalue weighted by atomic mass is 19.3. The maximum absolute atomic E-state index is 12.7. The van der Waals surface area contributed by atoms with Gasteiger partial charge in [-0.25, -0.2) is 18.0 Å². The van der Waals surface area contributed by atoms with E-state index in [1.54, 1.807) is 4.98 Å². The fourth-order valence-electron chi connectivity index (χ4n) is 1.06. The number of nitrogens with one attached hydrogen (secondary N) is 1. The molecule has 0 unspecified atom stereocenters. The molecule has 16 heavy (non-hydrogen) atoms. The lowest BCUT2D eigenvalue weighted by Crippen LogP contribution is -2.20. The molecule has 88 valence electrons. The third kappa shape index (κ3) is 2.41. The van der Waals surface area contributed by atoms with Gasteiger partial charge in [-0.05, 0) is 13.0 Å².